The van der Waals surface area contributed by atoms with Crippen molar-refractivity contribution >= 4 is 0 Å². The van der Waals surface area contributed by atoms with Crippen molar-refractivity contribution in [2.24, 2.45) is 11.8 Å². The molecule has 3 aliphatic rings. The van der Waals surface area contributed by atoms with Gasteiger partial charge in [-0.25, -0.2) is 0 Å². The van der Waals surface area contributed by atoms with Crippen LogP contribution >= 0.6 is 0 Å². The van der Waals surface area contributed by atoms with Crippen LogP contribution in [-0.2, 0) is 18.2 Å². The fourth-order valence-corrected chi connectivity index (χ4v) is 5.23. The van der Waals surface area contributed by atoms with Gasteiger partial charge in [0.25, 0.3) is 0 Å². The number of likely N-dealkylation sites (tertiary alicyclic amines) is 1. The van der Waals surface area contributed by atoms with Crippen LogP contribution in [0, 0.1) is 11.8 Å². The van der Waals surface area contributed by atoms with Gasteiger partial charge in [-0.1, -0.05) is 44.7 Å². The molecule has 0 radical (unpaired) electrons. The molecule has 1 heterocycles. The monoisotopic (exact) mass is 309 g/mol. The van der Waals surface area contributed by atoms with Crippen molar-refractivity contribution in [2.75, 3.05) is 13.5 Å². The normalized spacial score (nSPS) is 45.3. The highest BCUT2D eigenvalue weighted by Gasteiger charge is 2.52. The van der Waals surface area contributed by atoms with E-state index in [9.17, 15) is 0 Å². The van der Waals surface area contributed by atoms with Gasteiger partial charge in [0, 0.05) is 27.9 Å². The van der Waals surface area contributed by atoms with Crippen molar-refractivity contribution in [2.45, 2.75) is 70.1 Å². The summed E-state index contributed by atoms with van der Waals surface area (Å²) in [5.74, 6) is -3.28. The minimum atomic E-state index is -3.39. The standard InChI is InChI=1S/C21H31N/c1-15(2)12-16-7-8-17-14-20-18-6-4-5-9-21(18,19(17)13-16)10-11-22(20)3/h7-8,13,15,18,20H,4-6,9-12,14H2,1-3H3/t18-,20+,21?/m1/s1/i1D3,2D3,3D3,12D2,15D. The average Bonchev–Trinajstić information content (AvgIpc) is 2.70. The quantitative estimate of drug-likeness (QED) is 0.773. The van der Waals surface area contributed by atoms with Gasteiger partial charge in [-0.15, -0.1) is 0 Å². The van der Waals surface area contributed by atoms with Crippen LogP contribution in [0.3, 0.4) is 0 Å². The third-order valence-corrected chi connectivity index (χ3v) is 6.11. The molecule has 2 fully saturated rings. The molecule has 3 atom stereocenters. The topological polar surface area (TPSA) is 3.24 Å². The average molecular weight is 310 g/mol. The highest BCUT2D eigenvalue weighted by molar-refractivity contribution is 5.43. The maximum absolute atomic E-state index is 8.65. The van der Waals surface area contributed by atoms with E-state index in [1.165, 1.54) is 6.07 Å². The smallest absolute Gasteiger partial charge is 0.0394 e. The van der Waals surface area contributed by atoms with Crippen molar-refractivity contribution in [3.8, 4) is 0 Å². The molecular weight excluding hydrogens is 266 g/mol. The molecule has 0 spiro atoms. The Labute approximate surface area is 153 Å². The summed E-state index contributed by atoms with van der Waals surface area (Å²) in [7, 11) is 0. The molecule has 1 aromatic carbocycles. The van der Waals surface area contributed by atoms with E-state index < -0.39 is 32.9 Å². The Morgan fingerprint density at radius 3 is 3.23 bits per heavy atom. The lowest BCUT2D eigenvalue weighted by atomic mass is 9.52. The molecule has 0 N–H and O–H groups in total. The van der Waals surface area contributed by atoms with Crippen molar-refractivity contribution in [1.82, 2.24) is 4.90 Å². The molecule has 0 amide bonds. The summed E-state index contributed by atoms with van der Waals surface area (Å²) in [6, 6.07) is 4.51. The van der Waals surface area contributed by atoms with Gasteiger partial charge in [0.1, 0.15) is 0 Å². The summed E-state index contributed by atoms with van der Waals surface area (Å²) in [4.78, 5) is 1.62. The van der Waals surface area contributed by atoms with Gasteiger partial charge in [0.15, 0.2) is 0 Å². The van der Waals surface area contributed by atoms with Gasteiger partial charge in [-0.3, -0.25) is 0 Å². The van der Waals surface area contributed by atoms with Crippen LogP contribution < -0.4 is 0 Å². The van der Waals surface area contributed by atoms with Crippen molar-refractivity contribution in [1.29, 1.82) is 0 Å². The fraction of sp³-hybridized carbons (Fsp3) is 0.714. The second-order valence-electron chi connectivity index (χ2n) is 7.10. The third-order valence-electron chi connectivity index (χ3n) is 6.11. The first-order valence-electron chi connectivity index (χ1n) is 14.3. The lowest BCUT2D eigenvalue weighted by Gasteiger charge is -2.58. The number of benzene rings is 1. The van der Waals surface area contributed by atoms with E-state index in [0.29, 0.717) is 19.4 Å². The predicted octanol–water partition coefficient (Wildman–Crippen LogP) is 4.57. The van der Waals surface area contributed by atoms with Crippen LogP contribution in [0.1, 0.15) is 78.9 Å². The summed E-state index contributed by atoms with van der Waals surface area (Å²) in [6.07, 6.45) is 1.75. The molecule has 1 aliphatic heterocycles. The Morgan fingerprint density at radius 2 is 2.36 bits per heavy atom. The van der Waals surface area contributed by atoms with Crippen LogP contribution in [0.25, 0.3) is 0 Å². The lowest BCUT2D eigenvalue weighted by Crippen LogP contribution is -2.59. The van der Waals surface area contributed by atoms with E-state index in [1.54, 1.807) is 17.0 Å². The predicted molar refractivity (Wildman–Crippen MR) is 93.4 cm³/mol. The molecule has 2 aliphatic carbocycles. The van der Waals surface area contributed by atoms with Gasteiger partial charge in [-0.2, -0.15) is 0 Å². The zero-order valence-electron chi connectivity index (χ0n) is 24.8. The summed E-state index contributed by atoms with van der Waals surface area (Å²) in [5.41, 5.74) is 1.30. The van der Waals surface area contributed by atoms with E-state index in [4.69, 9.17) is 16.4 Å². The molecule has 22 heavy (non-hydrogen) atoms. The molecule has 1 unspecified atom stereocenters. The third kappa shape index (κ3) is 2.16. The zero-order chi connectivity index (χ0) is 25.5. The second kappa shape index (κ2) is 5.37. The highest BCUT2D eigenvalue weighted by atomic mass is 15.1. The van der Waals surface area contributed by atoms with Crippen molar-refractivity contribution in [3.05, 3.63) is 34.9 Å². The van der Waals surface area contributed by atoms with Crippen molar-refractivity contribution < 1.29 is 16.4 Å². The summed E-state index contributed by atoms with van der Waals surface area (Å²) < 4.78 is 96.4. The number of hydrogen-bond acceptors (Lipinski definition) is 1. The molecule has 1 nitrogen and oxygen atoms in total. The number of fused-ring (bicyclic) bond motifs is 1. The molecular formula is C21H31N. The Kier molecular flexibility index (Phi) is 1.61. The van der Waals surface area contributed by atoms with Gasteiger partial charge in [0.2, 0.25) is 0 Å². The SMILES string of the molecule is [2H]C([2H])([2H])N1CCC23CCCC[C@@H]2[C@@H]1Cc1ccc(C([2H])([2H])C([2H])(C([2H])([2H])[2H])C([2H])([2H])[2H])cc13. The maximum atomic E-state index is 8.65. The summed E-state index contributed by atoms with van der Waals surface area (Å²) >= 11 is 0. The van der Waals surface area contributed by atoms with Crippen LogP contribution in [0.2, 0.25) is 0 Å². The number of piperidine rings is 1. The molecule has 2 bridgehead atoms. The second-order valence-corrected chi connectivity index (χ2v) is 7.10. The van der Waals surface area contributed by atoms with Crippen molar-refractivity contribution in [3.63, 3.8) is 0 Å². The Morgan fingerprint density at radius 1 is 1.41 bits per heavy atom. The first-order valence-corrected chi connectivity index (χ1v) is 8.29. The molecule has 1 heteroatoms. The van der Waals surface area contributed by atoms with Gasteiger partial charge in [0.05, 0.1) is 0 Å². The van der Waals surface area contributed by atoms with Crippen LogP contribution in [0.5, 0.6) is 0 Å². The minimum absolute atomic E-state index is 0.0787. The molecule has 1 saturated carbocycles. The Hall–Kier alpha value is -0.820. The Balaban J connectivity index is 1.86. The first kappa shape index (κ1) is 6.59. The highest BCUT2D eigenvalue weighted by Crippen LogP contribution is 2.55. The molecule has 1 aromatic rings. The van der Waals surface area contributed by atoms with E-state index in [2.05, 4.69) is 0 Å². The zero-order valence-corrected chi connectivity index (χ0v) is 12.8. The van der Waals surface area contributed by atoms with Gasteiger partial charge >= 0.3 is 0 Å². The van der Waals surface area contributed by atoms with Crippen LogP contribution in [0.4, 0.5) is 0 Å². The molecule has 120 valence electrons. The van der Waals surface area contributed by atoms with Gasteiger partial charge < -0.3 is 4.90 Å². The summed E-state index contributed by atoms with van der Waals surface area (Å²) in [5, 5.41) is 0. The number of rotatable bonds is 2. The fourth-order valence-electron chi connectivity index (χ4n) is 5.23. The first-order chi connectivity index (χ1) is 15.4. The van der Waals surface area contributed by atoms with Crippen LogP contribution in [-0.4, -0.2) is 24.5 Å². The van der Waals surface area contributed by atoms with E-state index in [-0.39, 0.29) is 22.9 Å². The Bertz CT molecular complexity index is 933. The summed E-state index contributed by atoms with van der Waals surface area (Å²) in [6.45, 7) is -8.59. The number of hydrogen-bond donors (Lipinski definition) is 0. The van der Waals surface area contributed by atoms with E-state index in [1.807, 2.05) is 0 Å². The molecule has 0 aromatic heterocycles. The largest absolute Gasteiger partial charge is 0.303 e. The van der Waals surface area contributed by atoms with Gasteiger partial charge in [-0.05, 0) is 74.1 Å². The molecule has 4 rings (SSSR count). The molecule has 1 saturated heterocycles. The van der Waals surface area contributed by atoms with Crippen LogP contribution in [0.15, 0.2) is 18.2 Å². The maximum Gasteiger partial charge on any atom is 0.0394 e. The number of likely N-dealkylation sites (N-methyl/N-ethyl adjacent to an activating group) is 1. The van der Waals surface area contributed by atoms with E-state index >= 15 is 0 Å². The number of nitrogens with zero attached hydrogens (tertiary/aromatic N) is 1. The minimum Gasteiger partial charge on any atom is -0.303 e. The lowest BCUT2D eigenvalue weighted by molar-refractivity contribution is 0.00281. The van der Waals surface area contributed by atoms with E-state index in [0.717, 1.165) is 36.8 Å².